The van der Waals surface area contributed by atoms with Crippen LogP contribution in [0.2, 0.25) is 0 Å². The summed E-state index contributed by atoms with van der Waals surface area (Å²) in [6.07, 6.45) is 1.44. The molecule has 0 aliphatic heterocycles. The molecule has 0 spiro atoms. The fraction of sp³-hybridized carbons (Fsp3) is 0.0385. The normalized spacial score (nSPS) is 11.4. The molecule has 0 saturated heterocycles. The Bertz CT molecular complexity index is 1290. The summed E-state index contributed by atoms with van der Waals surface area (Å²) in [6, 6.07) is 26.3. The zero-order valence-corrected chi connectivity index (χ0v) is 18.8. The average molecular weight is 472 g/mol. The van der Waals surface area contributed by atoms with Crippen molar-refractivity contribution in [1.29, 1.82) is 0 Å². The van der Waals surface area contributed by atoms with Crippen molar-refractivity contribution in [3.8, 4) is 0 Å². The van der Waals surface area contributed by atoms with Crippen molar-refractivity contribution in [3.05, 3.63) is 114 Å². The number of amides is 3. The van der Waals surface area contributed by atoms with Gasteiger partial charge in [0.05, 0.1) is 17.5 Å². The second kappa shape index (κ2) is 10.5. The maximum absolute atomic E-state index is 13.3. The van der Waals surface area contributed by atoms with Gasteiger partial charge < -0.3 is 20.8 Å². The van der Waals surface area contributed by atoms with Crippen molar-refractivity contribution in [2.24, 2.45) is 5.73 Å². The molecule has 4 aromatic rings. The lowest BCUT2D eigenvalue weighted by Gasteiger charge is -2.18. The first-order valence-electron chi connectivity index (χ1n) is 10.4. The third kappa shape index (κ3) is 5.54. The minimum Gasteiger partial charge on any atom is -0.459 e. The van der Waals surface area contributed by atoms with Gasteiger partial charge in [-0.3, -0.25) is 14.4 Å². The van der Waals surface area contributed by atoms with Crippen LogP contribution in [0, 0.1) is 0 Å². The van der Waals surface area contributed by atoms with E-state index in [0.717, 1.165) is 10.5 Å². The molecule has 4 N–H and O–H groups in total. The Morgan fingerprint density at radius 3 is 2.18 bits per heavy atom. The molecule has 4 rings (SSSR count). The number of carbonyl (C=O) groups is 3. The summed E-state index contributed by atoms with van der Waals surface area (Å²) in [6.45, 7) is 0. The van der Waals surface area contributed by atoms with E-state index in [1.807, 2.05) is 42.5 Å². The molecular formula is C26H21N3O4S. The summed E-state index contributed by atoms with van der Waals surface area (Å²) < 4.78 is 5.10. The summed E-state index contributed by atoms with van der Waals surface area (Å²) in [4.78, 5) is 38.0. The van der Waals surface area contributed by atoms with Gasteiger partial charge in [-0.25, -0.2) is 0 Å². The minimum atomic E-state index is -0.619. The molecule has 1 heterocycles. The highest BCUT2D eigenvalue weighted by atomic mass is 32.2. The van der Waals surface area contributed by atoms with Crippen LogP contribution in [-0.4, -0.2) is 17.7 Å². The van der Waals surface area contributed by atoms with Crippen molar-refractivity contribution < 1.29 is 18.8 Å². The number of hydrogen-bond donors (Lipinski definition) is 3. The number of nitrogens with two attached hydrogens (primary N) is 1. The van der Waals surface area contributed by atoms with Gasteiger partial charge in [0.15, 0.2) is 5.76 Å². The van der Waals surface area contributed by atoms with Crippen LogP contribution in [0.3, 0.4) is 0 Å². The monoisotopic (exact) mass is 471 g/mol. The molecule has 1 atom stereocenters. The minimum absolute atomic E-state index is 0.218. The van der Waals surface area contributed by atoms with Gasteiger partial charge in [0.1, 0.15) is 5.25 Å². The molecule has 1 unspecified atom stereocenters. The van der Waals surface area contributed by atoms with E-state index >= 15 is 0 Å². The smallest absolute Gasteiger partial charge is 0.291 e. The van der Waals surface area contributed by atoms with Crippen LogP contribution in [-0.2, 0) is 4.79 Å². The van der Waals surface area contributed by atoms with Gasteiger partial charge in [0.25, 0.3) is 11.8 Å². The van der Waals surface area contributed by atoms with Crippen molar-refractivity contribution in [2.75, 3.05) is 10.6 Å². The number of hydrogen-bond acceptors (Lipinski definition) is 5. The molecule has 0 radical (unpaired) electrons. The number of anilines is 2. The Kier molecular flexibility index (Phi) is 7.10. The summed E-state index contributed by atoms with van der Waals surface area (Å²) in [5.41, 5.74) is 7.45. The topological polar surface area (TPSA) is 114 Å². The number of para-hydroxylation sites is 1. The number of carbonyl (C=O) groups excluding carboxylic acids is 3. The Hall–Kier alpha value is -4.30. The van der Waals surface area contributed by atoms with Gasteiger partial charge in [-0.15, -0.1) is 11.8 Å². The van der Waals surface area contributed by atoms with Gasteiger partial charge >= 0.3 is 0 Å². The van der Waals surface area contributed by atoms with Gasteiger partial charge in [-0.05, 0) is 54.1 Å². The maximum Gasteiger partial charge on any atom is 0.291 e. The average Bonchev–Trinajstić information content (AvgIpc) is 3.39. The molecule has 1 aromatic heterocycles. The Morgan fingerprint density at radius 1 is 0.794 bits per heavy atom. The fourth-order valence-corrected chi connectivity index (χ4v) is 4.28. The third-order valence-corrected chi connectivity index (χ3v) is 6.17. The lowest BCUT2D eigenvalue weighted by atomic mass is 10.1. The first kappa shape index (κ1) is 22.9. The Morgan fingerprint density at radius 2 is 1.50 bits per heavy atom. The highest BCUT2D eigenvalue weighted by Crippen LogP contribution is 2.37. The van der Waals surface area contributed by atoms with Gasteiger partial charge in [-0.2, -0.15) is 0 Å². The summed E-state index contributed by atoms with van der Waals surface area (Å²) in [5, 5.41) is 5.01. The molecule has 0 aliphatic rings. The standard InChI is InChI=1S/C26H21N3O4S/c27-24(30)20-9-4-5-10-21(20)29-26(32)23(17-7-2-1-3-8-17)34-19-14-12-18(13-15-19)28-25(31)22-11-6-16-33-22/h1-16,23H,(H2,27,30)(H,28,31)(H,29,32). The highest BCUT2D eigenvalue weighted by Gasteiger charge is 2.23. The summed E-state index contributed by atoms with van der Waals surface area (Å²) >= 11 is 1.35. The summed E-state index contributed by atoms with van der Waals surface area (Å²) in [5.74, 6) is -1.04. The SMILES string of the molecule is NC(=O)c1ccccc1NC(=O)C(Sc1ccc(NC(=O)c2ccco2)cc1)c1ccccc1. The molecule has 34 heavy (non-hydrogen) atoms. The second-order valence-corrected chi connectivity index (χ2v) is 8.44. The quantitative estimate of drug-likeness (QED) is 0.309. The van der Waals surface area contributed by atoms with E-state index < -0.39 is 11.2 Å². The Balaban J connectivity index is 1.52. The van der Waals surface area contributed by atoms with Gasteiger partial charge in [0.2, 0.25) is 5.91 Å². The van der Waals surface area contributed by atoms with E-state index in [1.165, 1.54) is 18.0 Å². The first-order valence-corrected chi connectivity index (χ1v) is 11.3. The molecule has 0 aliphatic carbocycles. The molecule has 0 bridgehead atoms. The zero-order valence-electron chi connectivity index (χ0n) is 17.9. The van der Waals surface area contributed by atoms with E-state index in [1.54, 1.807) is 48.5 Å². The number of nitrogens with one attached hydrogen (secondary N) is 2. The maximum atomic E-state index is 13.3. The molecule has 8 heteroatoms. The van der Waals surface area contributed by atoms with E-state index in [-0.39, 0.29) is 23.1 Å². The van der Waals surface area contributed by atoms with Crippen molar-refractivity contribution >= 4 is 40.9 Å². The molecular weight excluding hydrogens is 450 g/mol. The van der Waals surface area contributed by atoms with E-state index in [2.05, 4.69) is 10.6 Å². The molecule has 0 fully saturated rings. The third-order valence-electron chi connectivity index (χ3n) is 4.90. The summed E-state index contributed by atoms with van der Waals surface area (Å²) in [7, 11) is 0. The molecule has 170 valence electrons. The Labute approximate surface area is 200 Å². The van der Waals surface area contributed by atoms with Gasteiger partial charge in [0, 0.05) is 10.6 Å². The predicted octanol–water partition coefficient (Wildman–Crippen LogP) is 5.10. The van der Waals surface area contributed by atoms with Crippen LogP contribution in [0.25, 0.3) is 0 Å². The van der Waals surface area contributed by atoms with Crippen LogP contribution in [0.4, 0.5) is 11.4 Å². The molecule has 3 aromatic carbocycles. The first-order chi connectivity index (χ1) is 16.5. The van der Waals surface area contributed by atoms with Crippen LogP contribution in [0.15, 0.2) is 107 Å². The van der Waals surface area contributed by atoms with Crippen LogP contribution in [0.5, 0.6) is 0 Å². The largest absolute Gasteiger partial charge is 0.459 e. The van der Waals surface area contributed by atoms with Crippen molar-refractivity contribution in [3.63, 3.8) is 0 Å². The molecule has 0 saturated carbocycles. The van der Waals surface area contributed by atoms with E-state index in [4.69, 9.17) is 10.2 Å². The van der Waals surface area contributed by atoms with Crippen LogP contribution in [0.1, 0.15) is 31.7 Å². The second-order valence-electron chi connectivity index (χ2n) is 7.26. The highest BCUT2D eigenvalue weighted by molar-refractivity contribution is 8.00. The van der Waals surface area contributed by atoms with Crippen LogP contribution < -0.4 is 16.4 Å². The van der Waals surface area contributed by atoms with Gasteiger partial charge in [-0.1, -0.05) is 42.5 Å². The number of thioether (sulfide) groups is 1. The molecule has 3 amide bonds. The fourth-order valence-electron chi connectivity index (χ4n) is 3.26. The van der Waals surface area contributed by atoms with Crippen LogP contribution >= 0.6 is 11.8 Å². The van der Waals surface area contributed by atoms with Crippen molar-refractivity contribution in [1.82, 2.24) is 0 Å². The predicted molar refractivity (Wildman–Crippen MR) is 132 cm³/mol. The number of primary amides is 1. The van der Waals surface area contributed by atoms with E-state index in [0.29, 0.717) is 11.4 Å². The number of furan rings is 1. The lowest BCUT2D eigenvalue weighted by molar-refractivity contribution is -0.115. The van der Waals surface area contributed by atoms with E-state index in [9.17, 15) is 14.4 Å². The van der Waals surface area contributed by atoms with Crippen molar-refractivity contribution in [2.45, 2.75) is 10.1 Å². The zero-order chi connectivity index (χ0) is 23.9. The number of rotatable bonds is 8. The molecule has 7 nitrogen and oxygen atoms in total. The number of benzene rings is 3. The lowest BCUT2D eigenvalue weighted by Crippen LogP contribution is -2.22.